The van der Waals surface area contributed by atoms with E-state index in [1.807, 2.05) is 60.4 Å². The molecule has 0 saturated heterocycles. The van der Waals surface area contributed by atoms with E-state index in [9.17, 15) is 4.79 Å². The lowest BCUT2D eigenvalue weighted by Crippen LogP contribution is -2.42. The van der Waals surface area contributed by atoms with E-state index in [1.165, 1.54) is 0 Å². The van der Waals surface area contributed by atoms with Crippen molar-refractivity contribution in [3.8, 4) is 17.1 Å². The van der Waals surface area contributed by atoms with Gasteiger partial charge in [0.15, 0.2) is 10.6 Å². The van der Waals surface area contributed by atoms with Crippen LogP contribution in [0.3, 0.4) is 0 Å². The van der Waals surface area contributed by atoms with Crippen LogP contribution in [0.1, 0.15) is 25.3 Å². The molecule has 0 bridgehead atoms. The van der Waals surface area contributed by atoms with Gasteiger partial charge in [0.1, 0.15) is 12.3 Å². The fraction of sp³-hybridized carbons (Fsp3) is 0.348. The highest BCUT2D eigenvalue weighted by Gasteiger charge is 2.35. The second kappa shape index (κ2) is 8.44. The fourth-order valence-corrected chi connectivity index (χ4v) is 4.02. The van der Waals surface area contributed by atoms with E-state index in [1.54, 1.807) is 11.7 Å². The van der Waals surface area contributed by atoms with Crippen LogP contribution in [0, 0.1) is 17.6 Å². The summed E-state index contributed by atoms with van der Waals surface area (Å²) in [6.45, 7) is 4.28. The summed E-state index contributed by atoms with van der Waals surface area (Å²) >= 11 is 5.45. The number of aryl methyl sites for hydroxylation is 1. The smallest absolute Gasteiger partial charge is 0.247 e. The summed E-state index contributed by atoms with van der Waals surface area (Å²) in [6.07, 6.45) is 2.31. The third kappa shape index (κ3) is 4.16. The standard InChI is InChI=1S/C23H26N4O2S/c1-15-5-4-6-18(13-15)22-24-25-23(30)26(22)14-21(28)27(16(2)17-7-8-17)19-9-11-20(29-3)12-10-19/h4-6,9-13,16-17H,7-8,14H2,1-3H3,(H,25,30). The maximum Gasteiger partial charge on any atom is 0.247 e. The van der Waals surface area contributed by atoms with E-state index in [0.29, 0.717) is 16.5 Å². The largest absolute Gasteiger partial charge is 0.497 e. The maximum absolute atomic E-state index is 13.5. The first-order chi connectivity index (χ1) is 14.5. The Bertz CT molecular complexity index is 1100. The van der Waals surface area contributed by atoms with Crippen molar-refractivity contribution in [2.75, 3.05) is 12.0 Å². The van der Waals surface area contributed by atoms with E-state index in [0.717, 1.165) is 35.4 Å². The number of H-pyrrole nitrogens is 1. The molecule has 6 nitrogen and oxygen atoms in total. The molecular formula is C23H26N4O2S. The summed E-state index contributed by atoms with van der Waals surface area (Å²) in [4.78, 5) is 15.4. The molecule has 4 rings (SSSR count). The van der Waals surface area contributed by atoms with Crippen LogP contribution < -0.4 is 9.64 Å². The van der Waals surface area contributed by atoms with Crippen molar-refractivity contribution >= 4 is 23.8 Å². The van der Waals surface area contributed by atoms with Crippen molar-refractivity contribution < 1.29 is 9.53 Å². The van der Waals surface area contributed by atoms with Gasteiger partial charge in [-0.05, 0) is 75.2 Å². The molecule has 1 aliphatic carbocycles. The highest BCUT2D eigenvalue weighted by atomic mass is 32.1. The lowest BCUT2D eigenvalue weighted by molar-refractivity contribution is -0.119. The summed E-state index contributed by atoms with van der Waals surface area (Å²) < 4.78 is 7.49. The van der Waals surface area contributed by atoms with Crippen LogP contribution in [-0.2, 0) is 11.3 Å². The lowest BCUT2D eigenvalue weighted by atomic mass is 10.1. The van der Waals surface area contributed by atoms with Gasteiger partial charge >= 0.3 is 0 Å². The van der Waals surface area contributed by atoms with Crippen LogP contribution in [0.25, 0.3) is 11.4 Å². The van der Waals surface area contributed by atoms with E-state index in [4.69, 9.17) is 17.0 Å². The SMILES string of the molecule is COc1ccc(N(C(=O)Cn2c(-c3cccc(C)c3)n[nH]c2=S)C(C)C2CC2)cc1. The Hall–Kier alpha value is -2.93. The highest BCUT2D eigenvalue weighted by molar-refractivity contribution is 7.71. The van der Waals surface area contributed by atoms with E-state index in [2.05, 4.69) is 17.1 Å². The van der Waals surface area contributed by atoms with E-state index >= 15 is 0 Å². The number of nitrogens with zero attached hydrogens (tertiary/aromatic N) is 3. The quantitative estimate of drug-likeness (QED) is 0.558. The molecule has 1 aliphatic rings. The lowest BCUT2D eigenvalue weighted by Gasteiger charge is -2.30. The van der Waals surface area contributed by atoms with Gasteiger partial charge in [-0.15, -0.1) is 0 Å². The number of hydrogen-bond acceptors (Lipinski definition) is 4. The second-order valence-corrected chi connectivity index (χ2v) is 8.23. The number of amides is 1. The van der Waals surface area contributed by atoms with Gasteiger partial charge in [-0.1, -0.05) is 23.8 Å². The molecule has 7 heteroatoms. The minimum absolute atomic E-state index is 0.00836. The van der Waals surface area contributed by atoms with Crippen molar-refractivity contribution in [2.45, 2.75) is 39.3 Å². The first-order valence-corrected chi connectivity index (χ1v) is 10.6. The van der Waals surface area contributed by atoms with Crippen LogP contribution in [0.4, 0.5) is 5.69 Å². The molecule has 1 unspecified atom stereocenters. The Morgan fingerprint density at radius 3 is 2.67 bits per heavy atom. The molecule has 3 aromatic rings. The normalized spacial score (nSPS) is 14.4. The molecule has 1 atom stereocenters. The minimum Gasteiger partial charge on any atom is -0.497 e. The molecule has 0 spiro atoms. The number of ether oxygens (including phenoxy) is 1. The second-order valence-electron chi connectivity index (χ2n) is 7.85. The van der Waals surface area contributed by atoms with Gasteiger partial charge in [-0.25, -0.2) is 0 Å². The number of carbonyl (C=O) groups is 1. The van der Waals surface area contributed by atoms with Gasteiger partial charge < -0.3 is 9.64 Å². The molecule has 1 N–H and O–H groups in total. The zero-order valence-electron chi connectivity index (χ0n) is 17.5. The van der Waals surface area contributed by atoms with E-state index in [-0.39, 0.29) is 18.5 Å². The van der Waals surface area contributed by atoms with Gasteiger partial charge in [0.05, 0.1) is 7.11 Å². The topological polar surface area (TPSA) is 63.1 Å². The number of rotatable bonds is 7. The maximum atomic E-state index is 13.5. The molecule has 30 heavy (non-hydrogen) atoms. The van der Waals surface area contributed by atoms with Crippen molar-refractivity contribution in [1.82, 2.24) is 14.8 Å². The van der Waals surface area contributed by atoms with Crippen LogP contribution in [0.15, 0.2) is 48.5 Å². The number of benzene rings is 2. The van der Waals surface area contributed by atoms with Crippen molar-refractivity contribution in [1.29, 1.82) is 0 Å². The number of anilines is 1. The van der Waals surface area contributed by atoms with Gasteiger partial charge in [-0.3, -0.25) is 14.5 Å². The first kappa shape index (κ1) is 20.3. The number of nitrogens with one attached hydrogen (secondary N) is 1. The summed E-state index contributed by atoms with van der Waals surface area (Å²) in [7, 11) is 1.64. The van der Waals surface area contributed by atoms with Crippen molar-refractivity contribution in [2.24, 2.45) is 5.92 Å². The molecule has 1 fully saturated rings. The molecule has 0 aliphatic heterocycles. The average Bonchev–Trinajstić information content (AvgIpc) is 3.53. The van der Waals surface area contributed by atoms with Crippen molar-refractivity contribution in [3.05, 3.63) is 58.9 Å². The van der Waals surface area contributed by atoms with Crippen LogP contribution >= 0.6 is 12.2 Å². The molecule has 0 radical (unpaired) electrons. The van der Waals surface area contributed by atoms with Gasteiger partial charge in [0.25, 0.3) is 0 Å². The molecular weight excluding hydrogens is 396 g/mol. The number of methoxy groups -OCH3 is 1. The third-order valence-electron chi connectivity index (χ3n) is 5.66. The molecule has 1 amide bonds. The zero-order valence-corrected chi connectivity index (χ0v) is 18.3. The third-order valence-corrected chi connectivity index (χ3v) is 5.97. The van der Waals surface area contributed by atoms with Gasteiger partial charge in [-0.2, -0.15) is 5.10 Å². The Labute approximate surface area is 181 Å². The Morgan fingerprint density at radius 1 is 1.30 bits per heavy atom. The number of hydrogen-bond donors (Lipinski definition) is 1. The number of aromatic amines is 1. The predicted octanol–water partition coefficient (Wildman–Crippen LogP) is 4.76. The molecule has 1 aromatic heterocycles. The summed E-state index contributed by atoms with van der Waals surface area (Å²) in [5, 5.41) is 7.23. The summed E-state index contributed by atoms with van der Waals surface area (Å²) in [5.74, 6) is 1.96. The Balaban J connectivity index is 1.66. The zero-order chi connectivity index (χ0) is 21.3. The monoisotopic (exact) mass is 422 g/mol. The van der Waals surface area contributed by atoms with Gasteiger partial charge in [0, 0.05) is 17.3 Å². The number of aromatic nitrogens is 3. The van der Waals surface area contributed by atoms with Crippen LogP contribution in [0.5, 0.6) is 5.75 Å². The summed E-state index contributed by atoms with van der Waals surface area (Å²) in [6, 6.07) is 15.8. The van der Waals surface area contributed by atoms with Gasteiger partial charge in [0.2, 0.25) is 5.91 Å². The molecule has 1 saturated carbocycles. The van der Waals surface area contributed by atoms with Crippen LogP contribution in [-0.4, -0.2) is 33.8 Å². The Morgan fingerprint density at radius 2 is 2.03 bits per heavy atom. The Kier molecular flexibility index (Phi) is 5.72. The molecule has 1 heterocycles. The van der Waals surface area contributed by atoms with Crippen molar-refractivity contribution in [3.63, 3.8) is 0 Å². The molecule has 2 aromatic carbocycles. The molecule has 156 valence electrons. The fourth-order valence-electron chi connectivity index (χ4n) is 3.82. The minimum atomic E-state index is -0.00836. The van der Waals surface area contributed by atoms with E-state index < -0.39 is 0 Å². The first-order valence-electron chi connectivity index (χ1n) is 10.2. The highest BCUT2D eigenvalue weighted by Crippen LogP contribution is 2.37. The number of carbonyl (C=O) groups excluding carboxylic acids is 1. The summed E-state index contributed by atoms with van der Waals surface area (Å²) in [5.41, 5.74) is 2.93. The van der Waals surface area contributed by atoms with Crippen LogP contribution in [0.2, 0.25) is 0 Å². The predicted molar refractivity (Wildman–Crippen MR) is 120 cm³/mol. The average molecular weight is 423 g/mol.